The quantitative estimate of drug-likeness (QED) is 0.456. The van der Waals surface area contributed by atoms with E-state index >= 15 is 0 Å². The fraction of sp³-hybridized carbons (Fsp3) is 0.273. The van der Waals surface area contributed by atoms with Gasteiger partial charge in [-0.05, 0) is 6.07 Å². The Labute approximate surface area is 103 Å². The van der Waals surface area contributed by atoms with E-state index in [1.165, 1.54) is 31.1 Å². The van der Waals surface area contributed by atoms with E-state index in [2.05, 4.69) is 4.74 Å². The van der Waals surface area contributed by atoms with Crippen LogP contribution in [0.5, 0.6) is 0 Å². The Kier molecular flexibility index (Phi) is 3.98. The van der Waals surface area contributed by atoms with Crippen LogP contribution in [0.2, 0.25) is 0 Å². The Balaban J connectivity index is 3.38. The highest BCUT2D eigenvalue weighted by Crippen LogP contribution is 2.19. The third-order valence-corrected chi connectivity index (χ3v) is 2.26. The van der Waals surface area contributed by atoms with Crippen molar-refractivity contribution in [2.75, 3.05) is 21.2 Å². The molecule has 0 spiro atoms. The van der Waals surface area contributed by atoms with Crippen LogP contribution in [-0.2, 0) is 4.74 Å². The third-order valence-electron chi connectivity index (χ3n) is 2.26. The van der Waals surface area contributed by atoms with Crippen LogP contribution in [0.3, 0.4) is 0 Å². The first-order valence-electron chi connectivity index (χ1n) is 4.97. The van der Waals surface area contributed by atoms with E-state index in [9.17, 15) is 19.7 Å². The molecule has 0 bridgehead atoms. The third kappa shape index (κ3) is 2.62. The molecule has 1 amide bonds. The summed E-state index contributed by atoms with van der Waals surface area (Å²) >= 11 is 0. The summed E-state index contributed by atoms with van der Waals surface area (Å²) < 4.78 is 4.51. The first kappa shape index (κ1) is 13.6. The summed E-state index contributed by atoms with van der Waals surface area (Å²) in [5, 5.41) is 10.6. The average molecular weight is 252 g/mol. The lowest BCUT2D eigenvalue weighted by atomic mass is 10.1. The Morgan fingerprint density at radius 3 is 2.33 bits per heavy atom. The van der Waals surface area contributed by atoms with Crippen molar-refractivity contribution in [3.05, 3.63) is 39.4 Å². The topological polar surface area (TPSA) is 89.7 Å². The number of ether oxygens (including phenoxy) is 1. The lowest BCUT2D eigenvalue weighted by molar-refractivity contribution is -0.384. The van der Waals surface area contributed by atoms with Crippen molar-refractivity contribution in [1.29, 1.82) is 0 Å². The molecule has 0 atom stereocenters. The Morgan fingerprint density at radius 2 is 1.89 bits per heavy atom. The second kappa shape index (κ2) is 5.26. The van der Waals surface area contributed by atoms with Crippen LogP contribution in [-0.4, -0.2) is 42.9 Å². The number of nitrogens with zero attached hydrogens (tertiary/aromatic N) is 2. The normalized spacial score (nSPS) is 9.72. The Morgan fingerprint density at radius 1 is 1.28 bits per heavy atom. The number of carbonyl (C=O) groups excluding carboxylic acids is 2. The van der Waals surface area contributed by atoms with E-state index in [4.69, 9.17) is 0 Å². The van der Waals surface area contributed by atoms with Crippen molar-refractivity contribution in [1.82, 2.24) is 4.90 Å². The second-order valence-corrected chi connectivity index (χ2v) is 3.68. The summed E-state index contributed by atoms with van der Waals surface area (Å²) in [5.74, 6) is -1.21. The number of hydrogen-bond donors (Lipinski definition) is 0. The molecule has 0 N–H and O–H groups in total. The first-order valence-corrected chi connectivity index (χ1v) is 4.97. The number of hydrogen-bond acceptors (Lipinski definition) is 5. The fourth-order valence-corrected chi connectivity index (χ4v) is 1.35. The van der Waals surface area contributed by atoms with Crippen molar-refractivity contribution in [3.63, 3.8) is 0 Å². The van der Waals surface area contributed by atoms with Gasteiger partial charge in [-0.15, -0.1) is 0 Å². The van der Waals surface area contributed by atoms with Gasteiger partial charge in [-0.2, -0.15) is 0 Å². The molecule has 18 heavy (non-hydrogen) atoms. The van der Waals surface area contributed by atoms with Crippen molar-refractivity contribution >= 4 is 17.6 Å². The smallest absolute Gasteiger partial charge is 0.338 e. The van der Waals surface area contributed by atoms with Gasteiger partial charge in [0.25, 0.3) is 11.6 Å². The molecule has 0 aliphatic carbocycles. The molecule has 0 saturated carbocycles. The zero-order valence-corrected chi connectivity index (χ0v) is 10.2. The number of non-ortho nitro benzene ring substituents is 1. The number of methoxy groups -OCH3 is 1. The number of benzene rings is 1. The van der Waals surface area contributed by atoms with Crippen molar-refractivity contribution in [2.45, 2.75) is 0 Å². The van der Waals surface area contributed by atoms with Crippen LogP contribution in [0.1, 0.15) is 20.7 Å². The highest BCUT2D eigenvalue weighted by Gasteiger charge is 2.22. The van der Waals surface area contributed by atoms with E-state index < -0.39 is 16.8 Å². The Bertz CT molecular complexity index is 510. The van der Waals surface area contributed by atoms with E-state index in [0.717, 1.165) is 13.2 Å². The van der Waals surface area contributed by atoms with Gasteiger partial charge in [-0.25, -0.2) is 4.79 Å². The SMILES string of the molecule is COC(=O)c1cc([N+](=O)[O-])ccc1C(=O)N(C)C. The largest absolute Gasteiger partial charge is 0.465 e. The number of nitro groups is 1. The molecule has 0 aliphatic rings. The number of esters is 1. The second-order valence-electron chi connectivity index (χ2n) is 3.68. The van der Waals surface area contributed by atoms with Crippen LogP contribution in [0.4, 0.5) is 5.69 Å². The summed E-state index contributed by atoms with van der Waals surface area (Å²) in [6.07, 6.45) is 0. The minimum Gasteiger partial charge on any atom is -0.465 e. The zero-order valence-electron chi connectivity index (χ0n) is 10.2. The van der Waals surface area contributed by atoms with Crippen molar-refractivity contribution in [3.8, 4) is 0 Å². The molecule has 0 fully saturated rings. The zero-order chi connectivity index (χ0) is 13.9. The molecule has 0 radical (unpaired) electrons. The fourth-order valence-electron chi connectivity index (χ4n) is 1.35. The van der Waals surface area contributed by atoms with Crippen LogP contribution >= 0.6 is 0 Å². The van der Waals surface area contributed by atoms with Crippen LogP contribution in [0, 0.1) is 10.1 Å². The molecule has 0 aliphatic heterocycles. The minimum atomic E-state index is -0.788. The first-order chi connectivity index (χ1) is 8.38. The van der Waals surface area contributed by atoms with Crippen LogP contribution in [0.25, 0.3) is 0 Å². The molecule has 0 aromatic heterocycles. The predicted molar refractivity (Wildman–Crippen MR) is 62.5 cm³/mol. The maximum atomic E-state index is 11.8. The van der Waals surface area contributed by atoms with E-state index in [0.29, 0.717) is 0 Å². The van der Waals surface area contributed by atoms with Gasteiger partial charge in [0, 0.05) is 26.2 Å². The van der Waals surface area contributed by atoms with Gasteiger partial charge in [0.05, 0.1) is 23.2 Å². The minimum absolute atomic E-state index is 0.0671. The lowest BCUT2D eigenvalue weighted by Crippen LogP contribution is -2.24. The summed E-state index contributed by atoms with van der Waals surface area (Å²) in [7, 11) is 4.18. The molecule has 96 valence electrons. The molecular formula is C11H12N2O5. The maximum absolute atomic E-state index is 11.8. The monoisotopic (exact) mass is 252 g/mol. The van der Waals surface area contributed by atoms with Gasteiger partial charge in [-0.3, -0.25) is 14.9 Å². The molecule has 7 nitrogen and oxygen atoms in total. The van der Waals surface area contributed by atoms with Gasteiger partial charge >= 0.3 is 5.97 Å². The number of nitro benzene ring substituents is 1. The van der Waals surface area contributed by atoms with Crippen LogP contribution in [0.15, 0.2) is 18.2 Å². The van der Waals surface area contributed by atoms with Gasteiger partial charge < -0.3 is 9.64 Å². The molecular weight excluding hydrogens is 240 g/mol. The summed E-state index contributed by atoms with van der Waals surface area (Å²) in [6.45, 7) is 0. The van der Waals surface area contributed by atoms with Gasteiger partial charge in [0.2, 0.25) is 0 Å². The van der Waals surface area contributed by atoms with Crippen molar-refractivity contribution in [2.24, 2.45) is 0 Å². The predicted octanol–water partition coefficient (Wildman–Crippen LogP) is 1.08. The van der Waals surface area contributed by atoms with Gasteiger partial charge in [-0.1, -0.05) is 0 Å². The van der Waals surface area contributed by atoms with Gasteiger partial charge in [0.15, 0.2) is 0 Å². The molecule has 1 rings (SSSR count). The molecule has 0 unspecified atom stereocenters. The highest BCUT2D eigenvalue weighted by atomic mass is 16.6. The summed E-state index contributed by atoms with van der Waals surface area (Å²) in [6, 6.07) is 3.44. The number of carbonyl (C=O) groups is 2. The average Bonchev–Trinajstić information content (AvgIpc) is 2.35. The van der Waals surface area contributed by atoms with Crippen LogP contribution < -0.4 is 0 Å². The molecule has 1 aromatic carbocycles. The molecule has 0 saturated heterocycles. The summed E-state index contributed by atoms with van der Waals surface area (Å²) in [4.78, 5) is 34.6. The van der Waals surface area contributed by atoms with E-state index in [1.54, 1.807) is 0 Å². The molecule has 0 heterocycles. The standard InChI is InChI=1S/C11H12N2O5/c1-12(2)10(14)8-5-4-7(13(16)17)6-9(8)11(15)18-3/h4-6H,1-3H3. The highest BCUT2D eigenvalue weighted by molar-refractivity contribution is 6.05. The maximum Gasteiger partial charge on any atom is 0.338 e. The van der Waals surface area contributed by atoms with E-state index in [1.807, 2.05) is 0 Å². The lowest BCUT2D eigenvalue weighted by Gasteiger charge is -2.12. The molecule has 7 heteroatoms. The van der Waals surface area contributed by atoms with E-state index in [-0.39, 0.29) is 16.8 Å². The Hall–Kier alpha value is -2.44. The van der Waals surface area contributed by atoms with Crippen molar-refractivity contribution < 1.29 is 19.2 Å². The number of amides is 1. The summed E-state index contributed by atoms with van der Waals surface area (Å²) in [5.41, 5.74) is -0.325. The number of rotatable bonds is 3. The molecule has 1 aromatic rings. The van der Waals surface area contributed by atoms with Gasteiger partial charge in [0.1, 0.15) is 0 Å².